The molecule has 1 aliphatic rings. The van der Waals surface area contributed by atoms with Crippen molar-refractivity contribution in [3.05, 3.63) is 17.0 Å². The first-order valence-electron chi connectivity index (χ1n) is 7.51. The van der Waals surface area contributed by atoms with E-state index in [1.165, 1.54) is 24.2 Å². The molecule has 120 valence electrons. The molecule has 1 aliphatic heterocycles. The van der Waals surface area contributed by atoms with Crippen LogP contribution >= 0.6 is 11.3 Å². The van der Waals surface area contributed by atoms with Crippen LogP contribution in [0, 0.1) is 0 Å². The summed E-state index contributed by atoms with van der Waals surface area (Å²) in [7, 11) is -3.36. The van der Waals surface area contributed by atoms with E-state index < -0.39 is 10.0 Å². The van der Waals surface area contributed by atoms with Crippen LogP contribution in [0.3, 0.4) is 0 Å². The van der Waals surface area contributed by atoms with Crippen molar-refractivity contribution < 1.29 is 8.42 Å². The summed E-state index contributed by atoms with van der Waals surface area (Å²) >= 11 is 1.34. The average Bonchev–Trinajstić information content (AvgIpc) is 3.07. The maximum Gasteiger partial charge on any atom is 0.250 e. The second-order valence-electron chi connectivity index (χ2n) is 5.70. The molecule has 2 heterocycles. The summed E-state index contributed by atoms with van der Waals surface area (Å²) in [4.78, 5) is 3.35. The number of nitrogens with zero attached hydrogens (tertiary/aromatic N) is 1. The minimum atomic E-state index is -3.36. The Kier molecular flexibility index (Phi) is 6.19. The number of thiophene rings is 1. The van der Waals surface area contributed by atoms with Gasteiger partial charge in [0.05, 0.1) is 0 Å². The summed E-state index contributed by atoms with van der Waals surface area (Å²) in [5, 5.41) is 3.30. The van der Waals surface area contributed by atoms with Gasteiger partial charge in [-0.1, -0.05) is 13.8 Å². The second kappa shape index (κ2) is 7.69. The lowest BCUT2D eigenvalue weighted by Gasteiger charge is -2.14. The van der Waals surface area contributed by atoms with Crippen molar-refractivity contribution in [1.82, 2.24) is 14.9 Å². The molecule has 0 saturated carbocycles. The van der Waals surface area contributed by atoms with Crippen molar-refractivity contribution in [3.8, 4) is 0 Å². The Morgan fingerprint density at radius 1 is 1.29 bits per heavy atom. The molecule has 0 unspecified atom stereocenters. The highest BCUT2D eigenvalue weighted by atomic mass is 32.2. The Morgan fingerprint density at radius 2 is 2.00 bits per heavy atom. The van der Waals surface area contributed by atoms with E-state index in [0.29, 0.717) is 23.3 Å². The third-order valence-corrected chi connectivity index (χ3v) is 6.54. The van der Waals surface area contributed by atoms with Crippen LogP contribution in [-0.4, -0.2) is 45.5 Å². The number of nitrogens with one attached hydrogen (secondary N) is 2. The highest BCUT2D eigenvalue weighted by Gasteiger charge is 2.17. The van der Waals surface area contributed by atoms with Gasteiger partial charge in [-0.25, -0.2) is 13.1 Å². The monoisotopic (exact) mass is 331 g/mol. The van der Waals surface area contributed by atoms with Crippen molar-refractivity contribution in [3.63, 3.8) is 0 Å². The predicted octanol–water partition coefficient (Wildman–Crippen LogP) is 1.62. The third kappa shape index (κ3) is 5.34. The molecule has 1 aromatic heterocycles. The lowest BCUT2D eigenvalue weighted by Crippen LogP contribution is -2.33. The molecular formula is C14H25N3O2S2. The Labute approximate surface area is 131 Å². The molecule has 0 amide bonds. The maximum atomic E-state index is 12.2. The average molecular weight is 332 g/mol. The van der Waals surface area contributed by atoms with Gasteiger partial charge < -0.3 is 10.2 Å². The van der Waals surface area contributed by atoms with Gasteiger partial charge in [-0.05, 0) is 38.1 Å². The quantitative estimate of drug-likeness (QED) is 0.760. The van der Waals surface area contributed by atoms with E-state index >= 15 is 0 Å². The maximum absolute atomic E-state index is 12.2. The fraction of sp³-hybridized carbons (Fsp3) is 0.714. The normalized spacial score (nSPS) is 16.9. The highest BCUT2D eigenvalue weighted by molar-refractivity contribution is 7.91. The van der Waals surface area contributed by atoms with Crippen LogP contribution in [0.2, 0.25) is 0 Å². The standard InChI is InChI=1S/C14H25N3O2S2/c1-12(2)15-11-13-5-6-14(20-13)21(18,19)16-7-10-17-8-3-4-9-17/h5-6,12,15-16H,3-4,7-11H2,1-2H3. The van der Waals surface area contributed by atoms with Gasteiger partial charge in [-0.2, -0.15) is 0 Å². The number of likely N-dealkylation sites (tertiary alicyclic amines) is 1. The van der Waals surface area contributed by atoms with Gasteiger partial charge in [0.1, 0.15) is 4.21 Å². The van der Waals surface area contributed by atoms with Crippen LogP contribution in [0.15, 0.2) is 16.3 Å². The van der Waals surface area contributed by atoms with Gasteiger partial charge in [-0.3, -0.25) is 0 Å². The van der Waals surface area contributed by atoms with Crippen molar-refractivity contribution in [1.29, 1.82) is 0 Å². The fourth-order valence-corrected chi connectivity index (χ4v) is 4.69. The van der Waals surface area contributed by atoms with Crippen molar-refractivity contribution in [2.75, 3.05) is 26.2 Å². The minimum Gasteiger partial charge on any atom is -0.310 e. The van der Waals surface area contributed by atoms with Crippen LogP contribution in [0.1, 0.15) is 31.6 Å². The van der Waals surface area contributed by atoms with Crippen molar-refractivity contribution in [2.24, 2.45) is 0 Å². The lowest BCUT2D eigenvalue weighted by molar-refractivity contribution is 0.344. The number of hydrogen-bond donors (Lipinski definition) is 2. The summed E-state index contributed by atoms with van der Waals surface area (Å²) < 4.78 is 27.5. The zero-order chi connectivity index (χ0) is 15.3. The van der Waals surface area contributed by atoms with E-state index in [2.05, 4.69) is 28.8 Å². The van der Waals surface area contributed by atoms with Crippen LogP contribution in [0.4, 0.5) is 0 Å². The first-order valence-corrected chi connectivity index (χ1v) is 9.81. The Bertz CT molecular complexity index is 534. The summed E-state index contributed by atoms with van der Waals surface area (Å²) in [6.07, 6.45) is 2.45. The van der Waals surface area contributed by atoms with Gasteiger partial charge in [-0.15, -0.1) is 11.3 Å². The highest BCUT2D eigenvalue weighted by Crippen LogP contribution is 2.21. The predicted molar refractivity (Wildman–Crippen MR) is 87.2 cm³/mol. The zero-order valence-corrected chi connectivity index (χ0v) is 14.4. The smallest absolute Gasteiger partial charge is 0.250 e. The van der Waals surface area contributed by atoms with Gasteiger partial charge in [0.2, 0.25) is 10.0 Å². The van der Waals surface area contributed by atoms with E-state index in [-0.39, 0.29) is 0 Å². The van der Waals surface area contributed by atoms with Gasteiger partial charge in [0.25, 0.3) is 0 Å². The molecule has 1 fully saturated rings. The second-order valence-corrected chi connectivity index (χ2v) is 8.86. The first-order chi connectivity index (χ1) is 9.97. The Morgan fingerprint density at radius 3 is 2.67 bits per heavy atom. The largest absolute Gasteiger partial charge is 0.310 e. The minimum absolute atomic E-state index is 0.394. The summed E-state index contributed by atoms with van der Waals surface area (Å²) in [6.45, 7) is 8.33. The molecular weight excluding hydrogens is 306 g/mol. The van der Waals surface area contributed by atoms with Crippen LogP contribution in [-0.2, 0) is 16.6 Å². The van der Waals surface area contributed by atoms with Gasteiger partial charge >= 0.3 is 0 Å². The fourth-order valence-electron chi connectivity index (χ4n) is 2.32. The Balaban J connectivity index is 1.83. The zero-order valence-electron chi connectivity index (χ0n) is 12.8. The first kappa shape index (κ1) is 16.9. The van der Waals surface area contributed by atoms with Crippen molar-refractivity contribution >= 4 is 21.4 Å². The van der Waals surface area contributed by atoms with E-state index in [9.17, 15) is 8.42 Å². The molecule has 1 aromatic rings. The molecule has 7 heteroatoms. The molecule has 0 aliphatic carbocycles. The van der Waals surface area contributed by atoms with E-state index in [4.69, 9.17) is 0 Å². The third-order valence-electron chi connectivity index (χ3n) is 3.51. The van der Waals surface area contributed by atoms with E-state index in [0.717, 1.165) is 24.5 Å². The molecule has 1 saturated heterocycles. The molecule has 0 radical (unpaired) electrons. The molecule has 2 rings (SSSR count). The van der Waals surface area contributed by atoms with Crippen molar-refractivity contribution in [2.45, 2.75) is 43.5 Å². The lowest BCUT2D eigenvalue weighted by atomic mass is 10.4. The summed E-state index contributed by atoms with van der Waals surface area (Å²) in [5.41, 5.74) is 0. The molecule has 0 aromatic carbocycles. The SMILES string of the molecule is CC(C)NCc1ccc(S(=O)(=O)NCCN2CCCC2)s1. The van der Waals surface area contributed by atoms with Crippen LogP contribution in [0.25, 0.3) is 0 Å². The molecule has 5 nitrogen and oxygen atoms in total. The molecule has 0 atom stereocenters. The summed E-state index contributed by atoms with van der Waals surface area (Å²) in [5.74, 6) is 0. The van der Waals surface area contributed by atoms with E-state index in [1.807, 2.05) is 6.07 Å². The van der Waals surface area contributed by atoms with Crippen LogP contribution in [0.5, 0.6) is 0 Å². The van der Waals surface area contributed by atoms with Gasteiger partial charge in [0.15, 0.2) is 0 Å². The number of sulfonamides is 1. The molecule has 21 heavy (non-hydrogen) atoms. The van der Waals surface area contributed by atoms with Gasteiger partial charge in [0, 0.05) is 30.6 Å². The molecule has 0 spiro atoms. The number of rotatable bonds is 8. The Hall–Kier alpha value is -0.470. The molecule has 2 N–H and O–H groups in total. The topological polar surface area (TPSA) is 61.4 Å². The summed E-state index contributed by atoms with van der Waals surface area (Å²) in [6, 6.07) is 3.97. The number of hydrogen-bond acceptors (Lipinski definition) is 5. The van der Waals surface area contributed by atoms with E-state index in [1.54, 1.807) is 6.07 Å². The van der Waals surface area contributed by atoms with Crippen LogP contribution < -0.4 is 10.0 Å². The molecule has 0 bridgehead atoms.